The van der Waals surface area contributed by atoms with Gasteiger partial charge in [0.1, 0.15) is 0 Å². The molecule has 0 saturated heterocycles. The van der Waals surface area contributed by atoms with E-state index in [9.17, 15) is 0 Å². The summed E-state index contributed by atoms with van der Waals surface area (Å²) in [5.74, 6) is 3.04. The highest BCUT2D eigenvalue weighted by molar-refractivity contribution is 4.96. The molecule has 0 aromatic rings. The van der Waals surface area contributed by atoms with Gasteiger partial charge in [-0.25, -0.2) is 0 Å². The van der Waals surface area contributed by atoms with Crippen LogP contribution in [0.25, 0.3) is 0 Å². The van der Waals surface area contributed by atoms with Gasteiger partial charge < -0.3 is 0 Å². The van der Waals surface area contributed by atoms with E-state index >= 15 is 0 Å². The second-order valence-corrected chi connectivity index (χ2v) is 8.03. The number of unbranched alkanes of at least 4 members (excludes halogenated alkanes) is 5. The van der Waals surface area contributed by atoms with Crippen molar-refractivity contribution in [2.45, 2.75) is 103 Å². The van der Waals surface area contributed by atoms with E-state index in [1.807, 2.05) is 0 Å². The summed E-state index contributed by atoms with van der Waals surface area (Å²) in [6.07, 6.45) is 31.2. The molecule has 0 N–H and O–H groups in total. The molecule has 0 spiro atoms. The van der Waals surface area contributed by atoms with Crippen LogP contribution in [0.2, 0.25) is 0 Å². The monoisotopic (exact) mass is 316 g/mol. The summed E-state index contributed by atoms with van der Waals surface area (Å²) in [4.78, 5) is 0. The summed E-state index contributed by atoms with van der Waals surface area (Å²) in [7, 11) is 0. The lowest BCUT2D eigenvalue weighted by atomic mass is 9.90. The Kier molecular flexibility index (Phi) is 9.76. The lowest BCUT2D eigenvalue weighted by molar-refractivity contribution is 0.401. The lowest BCUT2D eigenvalue weighted by Crippen LogP contribution is -2.05. The van der Waals surface area contributed by atoms with Crippen LogP contribution in [0.15, 0.2) is 24.3 Å². The van der Waals surface area contributed by atoms with Gasteiger partial charge in [-0.1, -0.05) is 89.0 Å². The minimum atomic E-state index is 0.903. The topological polar surface area (TPSA) is 0 Å². The van der Waals surface area contributed by atoms with Gasteiger partial charge in [0.15, 0.2) is 0 Å². The molecule has 2 fully saturated rings. The molecule has 0 heteroatoms. The highest BCUT2D eigenvalue weighted by Gasteiger charge is 2.24. The zero-order valence-electron chi connectivity index (χ0n) is 15.6. The van der Waals surface area contributed by atoms with Crippen LogP contribution in [0.5, 0.6) is 0 Å². The van der Waals surface area contributed by atoms with E-state index < -0.39 is 0 Å². The van der Waals surface area contributed by atoms with E-state index in [4.69, 9.17) is 0 Å². The summed E-state index contributed by atoms with van der Waals surface area (Å²) >= 11 is 0. The molecule has 0 aromatic carbocycles. The fraction of sp³-hybridized carbons (Fsp3) is 0.826. The molecule has 0 heterocycles. The molecule has 2 aliphatic carbocycles. The minimum absolute atomic E-state index is 0.903. The van der Waals surface area contributed by atoms with Gasteiger partial charge in [0.25, 0.3) is 0 Å². The molecule has 2 saturated carbocycles. The van der Waals surface area contributed by atoms with Gasteiger partial charge in [0.2, 0.25) is 0 Å². The Hall–Kier alpha value is -0.520. The van der Waals surface area contributed by atoms with E-state index in [1.165, 1.54) is 96.3 Å². The van der Waals surface area contributed by atoms with Crippen LogP contribution >= 0.6 is 0 Å². The Bertz CT molecular complexity index is 334. The highest BCUT2D eigenvalue weighted by atomic mass is 14.3. The van der Waals surface area contributed by atoms with E-state index in [1.54, 1.807) is 0 Å². The van der Waals surface area contributed by atoms with Crippen LogP contribution in [0, 0.1) is 17.8 Å². The zero-order chi connectivity index (χ0) is 16.2. The molecule has 0 amide bonds. The first-order chi connectivity index (χ1) is 11.4. The predicted octanol–water partition coefficient (Wildman–Crippen LogP) is 7.85. The first kappa shape index (κ1) is 18.8. The molecule has 23 heavy (non-hydrogen) atoms. The van der Waals surface area contributed by atoms with Gasteiger partial charge in [-0.3, -0.25) is 0 Å². The fourth-order valence-corrected chi connectivity index (χ4v) is 4.20. The lowest BCUT2D eigenvalue weighted by Gasteiger charge is -2.16. The second kappa shape index (κ2) is 11.9. The zero-order valence-corrected chi connectivity index (χ0v) is 15.6. The van der Waals surface area contributed by atoms with Crippen molar-refractivity contribution in [3.05, 3.63) is 24.3 Å². The highest BCUT2D eigenvalue weighted by Crippen LogP contribution is 2.37. The maximum absolute atomic E-state index is 2.56. The summed E-state index contributed by atoms with van der Waals surface area (Å²) in [6, 6.07) is 0. The molecule has 0 aliphatic heterocycles. The summed E-state index contributed by atoms with van der Waals surface area (Å²) in [5.41, 5.74) is 0. The first-order valence-electron chi connectivity index (χ1n) is 10.7. The number of hydrogen-bond donors (Lipinski definition) is 0. The molecule has 0 nitrogen and oxygen atoms in total. The maximum Gasteiger partial charge on any atom is -0.0205 e. The SMILES string of the molecule is CC/C=C/CC/C=C/[C@H]1CCC[C@@H]1CCCCCCCC1CC1. The average molecular weight is 317 g/mol. The molecule has 0 unspecified atom stereocenters. The Labute approximate surface area is 145 Å². The largest absolute Gasteiger partial charge is 0.0888 e. The average Bonchev–Trinajstić information content (AvgIpc) is 3.28. The third kappa shape index (κ3) is 8.77. The van der Waals surface area contributed by atoms with Crippen molar-refractivity contribution in [3.63, 3.8) is 0 Å². The first-order valence-corrected chi connectivity index (χ1v) is 10.7. The van der Waals surface area contributed by atoms with Crippen molar-refractivity contribution in [2.75, 3.05) is 0 Å². The van der Waals surface area contributed by atoms with Crippen molar-refractivity contribution >= 4 is 0 Å². The van der Waals surface area contributed by atoms with Gasteiger partial charge in [0.05, 0.1) is 0 Å². The van der Waals surface area contributed by atoms with Crippen LogP contribution in [0.3, 0.4) is 0 Å². The molecule has 0 radical (unpaired) electrons. The molecule has 0 bridgehead atoms. The smallest absolute Gasteiger partial charge is 0.0205 e. The molecule has 2 rings (SSSR count). The molecular formula is C23H40. The molecule has 0 aromatic heterocycles. The fourth-order valence-electron chi connectivity index (χ4n) is 4.20. The second-order valence-electron chi connectivity index (χ2n) is 8.03. The summed E-state index contributed by atoms with van der Waals surface area (Å²) in [5, 5.41) is 0. The third-order valence-corrected chi connectivity index (χ3v) is 5.89. The number of rotatable bonds is 13. The number of allylic oxidation sites excluding steroid dienone is 4. The Morgan fingerprint density at radius 3 is 2.26 bits per heavy atom. The van der Waals surface area contributed by atoms with Gasteiger partial charge >= 0.3 is 0 Å². The van der Waals surface area contributed by atoms with Crippen molar-refractivity contribution in [3.8, 4) is 0 Å². The molecule has 2 aliphatic rings. The van der Waals surface area contributed by atoms with Crippen LogP contribution in [-0.4, -0.2) is 0 Å². The van der Waals surface area contributed by atoms with Crippen LogP contribution in [0.4, 0.5) is 0 Å². The van der Waals surface area contributed by atoms with Gasteiger partial charge in [-0.2, -0.15) is 0 Å². The molecular weight excluding hydrogens is 276 g/mol. The standard InChI is InChI=1S/C23H40/c1-2-3-4-5-8-11-15-22-17-13-18-23(22)16-12-9-6-7-10-14-21-19-20-21/h3-4,11,15,21-23H,2,5-10,12-14,16-20H2,1H3/b4-3+,15-11+/t22-,23-/m0/s1. The maximum atomic E-state index is 2.56. The van der Waals surface area contributed by atoms with Crippen LogP contribution in [0.1, 0.15) is 103 Å². The predicted molar refractivity (Wildman–Crippen MR) is 104 cm³/mol. The Morgan fingerprint density at radius 1 is 0.739 bits per heavy atom. The van der Waals surface area contributed by atoms with Gasteiger partial charge in [-0.05, 0) is 56.3 Å². The number of hydrogen-bond acceptors (Lipinski definition) is 0. The van der Waals surface area contributed by atoms with Crippen molar-refractivity contribution in [1.29, 1.82) is 0 Å². The summed E-state index contributed by atoms with van der Waals surface area (Å²) in [6.45, 7) is 2.21. The van der Waals surface area contributed by atoms with Crippen LogP contribution in [-0.2, 0) is 0 Å². The third-order valence-electron chi connectivity index (χ3n) is 5.89. The van der Waals surface area contributed by atoms with Gasteiger partial charge in [-0.15, -0.1) is 0 Å². The minimum Gasteiger partial charge on any atom is -0.0888 e. The normalized spacial score (nSPS) is 25.1. The Balaban J connectivity index is 1.47. The summed E-state index contributed by atoms with van der Waals surface area (Å²) < 4.78 is 0. The van der Waals surface area contributed by atoms with E-state index in [0.29, 0.717) is 0 Å². The van der Waals surface area contributed by atoms with Crippen molar-refractivity contribution in [1.82, 2.24) is 0 Å². The molecule has 2 atom stereocenters. The van der Waals surface area contributed by atoms with Crippen LogP contribution < -0.4 is 0 Å². The van der Waals surface area contributed by atoms with E-state index in [2.05, 4.69) is 31.2 Å². The van der Waals surface area contributed by atoms with E-state index in [0.717, 1.165) is 17.8 Å². The van der Waals surface area contributed by atoms with E-state index in [-0.39, 0.29) is 0 Å². The van der Waals surface area contributed by atoms with Crippen molar-refractivity contribution < 1.29 is 0 Å². The van der Waals surface area contributed by atoms with Crippen molar-refractivity contribution in [2.24, 2.45) is 17.8 Å². The molecule has 132 valence electrons. The van der Waals surface area contributed by atoms with Gasteiger partial charge in [0, 0.05) is 0 Å². The quantitative estimate of drug-likeness (QED) is 0.240. The Morgan fingerprint density at radius 2 is 1.48 bits per heavy atom.